The number of rotatable bonds is 4. The summed E-state index contributed by atoms with van der Waals surface area (Å²) in [5.41, 5.74) is 3.82. The summed E-state index contributed by atoms with van der Waals surface area (Å²) < 4.78 is 0. The van der Waals surface area contributed by atoms with E-state index in [4.69, 9.17) is 5.26 Å². The minimum atomic E-state index is -0.611. The lowest BCUT2D eigenvalue weighted by Crippen LogP contribution is -2.53. The Bertz CT molecular complexity index is 724. The number of benzene rings is 1. The fourth-order valence-corrected chi connectivity index (χ4v) is 3.35. The first-order valence-corrected chi connectivity index (χ1v) is 8.68. The molecule has 1 aromatic carbocycles. The molecule has 2 N–H and O–H groups in total. The van der Waals surface area contributed by atoms with Crippen molar-refractivity contribution >= 4 is 17.2 Å². The van der Waals surface area contributed by atoms with Gasteiger partial charge < -0.3 is 10.4 Å². The highest BCUT2D eigenvalue weighted by atomic mass is 32.1. The Morgan fingerprint density at radius 2 is 2.25 bits per heavy atom. The third-order valence-electron chi connectivity index (χ3n) is 4.13. The zero-order valence-corrected chi connectivity index (χ0v) is 13.9. The average molecular weight is 342 g/mol. The van der Waals surface area contributed by atoms with E-state index >= 15 is 0 Å². The number of nitriles is 1. The van der Waals surface area contributed by atoms with E-state index in [1.807, 2.05) is 11.4 Å². The van der Waals surface area contributed by atoms with Crippen LogP contribution in [0.25, 0.3) is 0 Å². The van der Waals surface area contributed by atoms with Crippen molar-refractivity contribution in [3.63, 3.8) is 0 Å². The normalized spacial score (nSPS) is 21.2. The maximum atomic E-state index is 12.3. The van der Waals surface area contributed by atoms with Crippen LogP contribution in [0, 0.1) is 11.3 Å². The number of piperidine rings is 1. The monoisotopic (exact) mass is 342 g/mol. The van der Waals surface area contributed by atoms with Crippen LogP contribution in [0.15, 0.2) is 35.2 Å². The Hall–Kier alpha value is -2.27. The van der Waals surface area contributed by atoms with Gasteiger partial charge in [0.1, 0.15) is 0 Å². The molecule has 1 aliphatic heterocycles. The van der Waals surface area contributed by atoms with Crippen LogP contribution in [0.3, 0.4) is 0 Å². The lowest BCUT2D eigenvalue weighted by atomic mass is 10.0. The Labute approximate surface area is 144 Å². The number of hydrogen-bond acceptors (Lipinski definition) is 6. The number of likely N-dealkylation sites (tertiary alicyclic amines) is 1. The zero-order chi connectivity index (χ0) is 16.9. The van der Waals surface area contributed by atoms with E-state index in [2.05, 4.69) is 15.2 Å². The highest BCUT2D eigenvalue weighted by molar-refractivity contribution is 7.07. The molecule has 124 valence electrons. The Morgan fingerprint density at radius 3 is 2.88 bits per heavy atom. The molecular formula is C17H18N4O2S. The number of β-amino-alcohol motifs (C(OH)–C–C–N with tert-alkyl or cyclic N) is 1. The molecular weight excluding hydrogens is 324 g/mol. The quantitative estimate of drug-likeness (QED) is 0.876. The first-order valence-electron chi connectivity index (χ1n) is 7.74. The van der Waals surface area contributed by atoms with Gasteiger partial charge in [-0.25, -0.2) is 4.98 Å². The Balaban J connectivity index is 1.54. The second-order valence-corrected chi connectivity index (χ2v) is 6.56. The number of amides is 1. The molecule has 1 amide bonds. The topological polar surface area (TPSA) is 89.3 Å². The van der Waals surface area contributed by atoms with Crippen LogP contribution in [-0.2, 0) is 6.54 Å². The van der Waals surface area contributed by atoms with E-state index in [9.17, 15) is 9.90 Å². The van der Waals surface area contributed by atoms with E-state index in [1.165, 1.54) is 0 Å². The molecule has 3 rings (SSSR count). The van der Waals surface area contributed by atoms with Crippen LogP contribution in [0.2, 0.25) is 0 Å². The Morgan fingerprint density at radius 1 is 1.46 bits per heavy atom. The lowest BCUT2D eigenvalue weighted by Gasteiger charge is -2.35. The predicted molar refractivity (Wildman–Crippen MR) is 90.4 cm³/mol. The van der Waals surface area contributed by atoms with E-state index in [0.717, 1.165) is 18.8 Å². The van der Waals surface area contributed by atoms with Gasteiger partial charge in [0.25, 0.3) is 5.91 Å². The summed E-state index contributed by atoms with van der Waals surface area (Å²) in [6.45, 7) is 2.03. The van der Waals surface area contributed by atoms with Crippen molar-refractivity contribution in [3.05, 3.63) is 52.0 Å². The van der Waals surface area contributed by atoms with Gasteiger partial charge in [-0.2, -0.15) is 5.26 Å². The third kappa shape index (κ3) is 3.97. The van der Waals surface area contributed by atoms with Crippen molar-refractivity contribution in [2.45, 2.75) is 25.1 Å². The van der Waals surface area contributed by atoms with Gasteiger partial charge in [-0.1, -0.05) is 0 Å². The first kappa shape index (κ1) is 16.6. The smallest absolute Gasteiger partial charge is 0.251 e. The number of aliphatic hydroxyl groups is 1. The lowest BCUT2D eigenvalue weighted by molar-refractivity contribution is 0.0346. The van der Waals surface area contributed by atoms with Crippen LogP contribution in [0.1, 0.15) is 28.0 Å². The van der Waals surface area contributed by atoms with Gasteiger partial charge in [0.2, 0.25) is 0 Å². The molecule has 2 heterocycles. The number of nitrogens with zero attached hydrogens (tertiary/aromatic N) is 3. The summed E-state index contributed by atoms with van der Waals surface area (Å²) >= 11 is 1.56. The van der Waals surface area contributed by atoms with Crippen molar-refractivity contribution in [3.8, 4) is 6.07 Å². The molecule has 24 heavy (non-hydrogen) atoms. The number of carbonyl (C=O) groups is 1. The summed E-state index contributed by atoms with van der Waals surface area (Å²) in [7, 11) is 0. The van der Waals surface area contributed by atoms with Gasteiger partial charge in [0.05, 0.1) is 35.0 Å². The minimum absolute atomic E-state index is 0.225. The summed E-state index contributed by atoms with van der Waals surface area (Å²) in [5.74, 6) is -0.225. The maximum Gasteiger partial charge on any atom is 0.251 e. The molecule has 0 saturated carbocycles. The minimum Gasteiger partial charge on any atom is -0.390 e. The van der Waals surface area contributed by atoms with Gasteiger partial charge in [0, 0.05) is 30.6 Å². The van der Waals surface area contributed by atoms with Crippen LogP contribution in [0.4, 0.5) is 0 Å². The summed E-state index contributed by atoms with van der Waals surface area (Å²) in [6, 6.07) is 8.23. The van der Waals surface area contributed by atoms with Gasteiger partial charge in [0.15, 0.2) is 0 Å². The standard InChI is InChI=1S/C17H18N4O2S/c18-7-12-1-3-13(4-2-12)17(23)20-15-5-6-21(9-16(15)22)8-14-10-24-11-19-14/h1-4,10-11,15-16,22H,5-6,8-9H2,(H,20,23)/t15-,16-/m1/s1. The van der Waals surface area contributed by atoms with Gasteiger partial charge >= 0.3 is 0 Å². The molecule has 2 atom stereocenters. The van der Waals surface area contributed by atoms with E-state index < -0.39 is 6.10 Å². The van der Waals surface area contributed by atoms with E-state index in [0.29, 0.717) is 24.1 Å². The largest absolute Gasteiger partial charge is 0.390 e. The van der Waals surface area contributed by atoms with E-state index in [1.54, 1.807) is 41.1 Å². The first-order chi connectivity index (χ1) is 11.7. The van der Waals surface area contributed by atoms with E-state index in [-0.39, 0.29) is 11.9 Å². The molecule has 6 nitrogen and oxygen atoms in total. The van der Waals surface area contributed by atoms with Crippen LogP contribution in [-0.4, -0.2) is 46.1 Å². The molecule has 2 aromatic rings. The summed E-state index contributed by atoms with van der Waals surface area (Å²) in [6.07, 6.45) is 0.0764. The fraction of sp³-hybridized carbons (Fsp3) is 0.353. The second kappa shape index (κ2) is 7.53. The molecule has 7 heteroatoms. The molecule has 1 aromatic heterocycles. The van der Waals surface area contributed by atoms with Crippen LogP contribution >= 0.6 is 11.3 Å². The molecule has 0 unspecified atom stereocenters. The van der Waals surface area contributed by atoms with Crippen molar-refractivity contribution in [2.75, 3.05) is 13.1 Å². The predicted octanol–water partition coefficient (Wildman–Crippen LogP) is 1.38. The van der Waals surface area contributed by atoms with Gasteiger partial charge in [-0.3, -0.25) is 9.69 Å². The highest BCUT2D eigenvalue weighted by Gasteiger charge is 2.29. The summed E-state index contributed by atoms with van der Waals surface area (Å²) in [4.78, 5) is 18.7. The number of hydrogen-bond donors (Lipinski definition) is 2. The second-order valence-electron chi connectivity index (χ2n) is 5.84. The molecule has 0 aliphatic carbocycles. The maximum absolute atomic E-state index is 12.3. The number of thiazole rings is 1. The average Bonchev–Trinajstić information content (AvgIpc) is 3.10. The van der Waals surface area contributed by atoms with Gasteiger partial charge in [-0.05, 0) is 30.7 Å². The molecule has 0 spiro atoms. The SMILES string of the molecule is N#Cc1ccc(C(=O)N[C@@H]2CCN(Cc3cscn3)C[C@H]2O)cc1. The van der Waals surface area contributed by atoms with Crippen LogP contribution < -0.4 is 5.32 Å². The van der Waals surface area contributed by atoms with Crippen molar-refractivity contribution < 1.29 is 9.90 Å². The highest BCUT2D eigenvalue weighted by Crippen LogP contribution is 2.15. The third-order valence-corrected chi connectivity index (χ3v) is 4.76. The number of aromatic nitrogens is 1. The number of nitrogens with one attached hydrogen (secondary N) is 1. The summed E-state index contributed by atoms with van der Waals surface area (Å²) in [5, 5.41) is 24.0. The fourth-order valence-electron chi connectivity index (χ4n) is 2.80. The number of aliphatic hydroxyl groups excluding tert-OH is 1. The van der Waals surface area contributed by atoms with Crippen molar-refractivity contribution in [2.24, 2.45) is 0 Å². The number of carbonyl (C=O) groups excluding carboxylic acids is 1. The zero-order valence-electron chi connectivity index (χ0n) is 13.1. The van der Waals surface area contributed by atoms with Crippen molar-refractivity contribution in [1.29, 1.82) is 5.26 Å². The van der Waals surface area contributed by atoms with Crippen molar-refractivity contribution in [1.82, 2.24) is 15.2 Å². The molecule has 1 aliphatic rings. The molecule has 0 bridgehead atoms. The molecule has 1 saturated heterocycles. The van der Waals surface area contributed by atoms with Gasteiger partial charge in [-0.15, -0.1) is 11.3 Å². The molecule has 1 fully saturated rings. The van der Waals surface area contributed by atoms with Crippen LogP contribution in [0.5, 0.6) is 0 Å². The Kier molecular flexibility index (Phi) is 5.20. The molecule has 0 radical (unpaired) electrons.